The lowest BCUT2D eigenvalue weighted by Gasteiger charge is -2.20. The van der Waals surface area contributed by atoms with Crippen LogP contribution < -0.4 is 4.74 Å². The summed E-state index contributed by atoms with van der Waals surface area (Å²) in [7, 11) is 0. The van der Waals surface area contributed by atoms with Crippen LogP contribution in [0.4, 0.5) is 0 Å². The molecule has 1 aromatic rings. The number of hydrogen-bond acceptors (Lipinski definition) is 2. The van der Waals surface area contributed by atoms with Crippen LogP contribution in [0.5, 0.6) is 5.75 Å². The lowest BCUT2D eigenvalue weighted by Crippen LogP contribution is -2.16. The molecule has 2 nitrogen and oxygen atoms in total. The molecular formula is C15H20O2. The van der Waals surface area contributed by atoms with Gasteiger partial charge in [0.15, 0.2) is 0 Å². The predicted octanol–water partition coefficient (Wildman–Crippen LogP) is 3.70. The smallest absolute Gasteiger partial charge is 0.140 e. The molecule has 1 fully saturated rings. The molecular weight excluding hydrogens is 212 g/mol. The highest BCUT2D eigenvalue weighted by Crippen LogP contribution is 2.30. The van der Waals surface area contributed by atoms with Gasteiger partial charge in [-0.05, 0) is 37.0 Å². The molecule has 1 unspecified atom stereocenters. The van der Waals surface area contributed by atoms with Crippen molar-refractivity contribution in [3.63, 3.8) is 0 Å². The first kappa shape index (κ1) is 12.2. The van der Waals surface area contributed by atoms with Crippen molar-refractivity contribution >= 4 is 5.78 Å². The topological polar surface area (TPSA) is 26.3 Å². The van der Waals surface area contributed by atoms with E-state index in [-0.39, 0.29) is 5.92 Å². The average Bonchev–Trinajstić information content (AvgIpc) is 2.38. The van der Waals surface area contributed by atoms with Crippen LogP contribution in [0.3, 0.4) is 0 Å². The Bertz CT molecular complexity index is 367. The summed E-state index contributed by atoms with van der Waals surface area (Å²) in [5.74, 6) is 1.43. The molecule has 0 saturated heterocycles. The molecule has 1 aromatic carbocycles. The van der Waals surface area contributed by atoms with Crippen molar-refractivity contribution in [2.45, 2.75) is 44.9 Å². The molecule has 0 aliphatic heterocycles. The van der Waals surface area contributed by atoms with E-state index in [0.717, 1.165) is 43.6 Å². The van der Waals surface area contributed by atoms with E-state index < -0.39 is 0 Å². The molecule has 0 spiro atoms. The number of carbonyl (C=O) groups is 1. The zero-order chi connectivity index (χ0) is 12.1. The summed E-state index contributed by atoms with van der Waals surface area (Å²) in [5, 5.41) is 0. The molecule has 0 bridgehead atoms. The molecule has 92 valence electrons. The van der Waals surface area contributed by atoms with E-state index in [9.17, 15) is 4.79 Å². The summed E-state index contributed by atoms with van der Waals surface area (Å²) >= 11 is 0. The van der Waals surface area contributed by atoms with Gasteiger partial charge in [-0.1, -0.05) is 25.5 Å². The fraction of sp³-hybridized carbons (Fsp3) is 0.533. The third-order valence-electron chi connectivity index (χ3n) is 3.31. The molecule has 0 amide bonds. The Morgan fingerprint density at radius 3 is 2.65 bits per heavy atom. The highest BCUT2D eigenvalue weighted by Gasteiger charge is 2.23. The molecule has 0 aromatic heterocycles. The zero-order valence-electron chi connectivity index (χ0n) is 10.4. The Balaban J connectivity index is 2.03. The van der Waals surface area contributed by atoms with E-state index in [1.807, 2.05) is 24.3 Å². The molecule has 0 N–H and O–H groups in total. The molecule has 0 radical (unpaired) electrons. The standard InChI is InChI=1S/C15H20O2/c1-2-11-17-13-9-7-12(8-10-13)14-5-3-4-6-15(14)16/h7-10,14H,2-6,11H2,1H3. The number of rotatable bonds is 4. The van der Waals surface area contributed by atoms with Gasteiger partial charge in [-0.25, -0.2) is 0 Å². The fourth-order valence-electron chi connectivity index (χ4n) is 2.35. The minimum Gasteiger partial charge on any atom is -0.494 e. The SMILES string of the molecule is CCCOc1ccc(C2CCCCC2=O)cc1. The van der Waals surface area contributed by atoms with Crippen molar-refractivity contribution in [1.29, 1.82) is 0 Å². The van der Waals surface area contributed by atoms with Crippen LogP contribution in [-0.4, -0.2) is 12.4 Å². The van der Waals surface area contributed by atoms with Gasteiger partial charge in [0.1, 0.15) is 11.5 Å². The maximum Gasteiger partial charge on any atom is 0.140 e. The van der Waals surface area contributed by atoms with Crippen molar-refractivity contribution in [3.05, 3.63) is 29.8 Å². The largest absolute Gasteiger partial charge is 0.494 e. The highest BCUT2D eigenvalue weighted by molar-refractivity contribution is 5.86. The van der Waals surface area contributed by atoms with E-state index in [4.69, 9.17) is 4.74 Å². The van der Waals surface area contributed by atoms with Gasteiger partial charge < -0.3 is 4.74 Å². The van der Waals surface area contributed by atoms with Crippen molar-refractivity contribution in [3.8, 4) is 5.75 Å². The van der Waals surface area contributed by atoms with Gasteiger partial charge >= 0.3 is 0 Å². The zero-order valence-corrected chi connectivity index (χ0v) is 10.4. The van der Waals surface area contributed by atoms with E-state index in [1.54, 1.807) is 0 Å². The Labute approximate surface area is 103 Å². The fourth-order valence-corrected chi connectivity index (χ4v) is 2.35. The minimum absolute atomic E-state index is 0.129. The van der Waals surface area contributed by atoms with E-state index in [2.05, 4.69) is 6.92 Å². The minimum atomic E-state index is 0.129. The molecule has 2 heteroatoms. The third-order valence-corrected chi connectivity index (χ3v) is 3.31. The Morgan fingerprint density at radius 1 is 1.24 bits per heavy atom. The number of benzene rings is 1. The number of ether oxygens (including phenoxy) is 1. The maximum absolute atomic E-state index is 11.8. The quantitative estimate of drug-likeness (QED) is 0.791. The molecule has 1 aliphatic rings. The van der Waals surface area contributed by atoms with Gasteiger partial charge in [-0.15, -0.1) is 0 Å². The van der Waals surface area contributed by atoms with E-state index in [1.165, 1.54) is 6.42 Å². The summed E-state index contributed by atoms with van der Waals surface area (Å²) in [5.41, 5.74) is 1.15. The van der Waals surface area contributed by atoms with Gasteiger partial charge in [-0.3, -0.25) is 4.79 Å². The predicted molar refractivity (Wildman–Crippen MR) is 68.4 cm³/mol. The van der Waals surface area contributed by atoms with Crippen LogP contribution in [0.25, 0.3) is 0 Å². The number of carbonyl (C=O) groups excluding carboxylic acids is 1. The lowest BCUT2D eigenvalue weighted by molar-refractivity contribution is -0.121. The second-order valence-electron chi connectivity index (χ2n) is 4.68. The summed E-state index contributed by atoms with van der Waals surface area (Å²) in [6.07, 6.45) is 5.01. The normalized spacial score (nSPS) is 20.3. The van der Waals surface area contributed by atoms with E-state index in [0.29, 0.717) is 5.78 Å². The summed E-state index contributed by atoms with van der Waals surface area (Å²) in [4.78, 5) is 11.8. The van der Waals surface area contributed by atoms with Gasteiger partial charge in [0.25, 0.3) is 0 Å². The van der Waals surface area contributed by atoms with Crippen LogP contribution in [0.2, 0.25) is 0 Å². The molecule has 17 heavy (non-hydrogen) atoms. The maximum atomic E-state index is 11.8. The summed E-state index contributed by atoms with van der Waals surface area (Å²) < 4.78 is 5.54. The summed E-state index contributed by atoms with van der Waals surface area (Å²) in [6, 6.07) is 8.04. The van der Waals surface area contributed by atoms with Crippen LogP contribution in [0, 0.1) is 0 Å². The van der Waals surface area contributed by atoms with Crippen LogP contribution in [0.15, 0.2) is 24.3 Å². The van der Waals surface area contributed by atoms with Gasteiger partial charge in [0.2, 0.25) is 0 Å². The lowest BCUT2D eigenvalue weighted by atomic mass is 9.83. The third kappa shape index (κ3) is 3.09. The van der Waals surface area contributed by atoms with Crippen LogP contribution >= 0.6 is 0 Å². The van der Waals surface area contributed by atoms with Crippen LogP contribution in [0.1, 0.15) is 50.5 Å². The van der Waals surface area contributed by atoms with Crippen molar-refractivity contribution in [2.75, 3.05) is 6.61 Å². The van der Waals surface area contributed by atoms with Crippen molar-refractivity contribution in [2.24, 2.45) is 0 Å². The van der Waals surface area contributed by atoms with Gasteiger partial charge in [0, 0.05) is 12.3 Å². The molecule has 1 saturated carbocycles. The first-order chi connectivity index (χ1) is 8.31. The van der Waals surface area contributed by atoms with Crippen molar-refractivity contribution in [1.82, 2.24) is 0 Å². The second kappa shape index (κ2) is 5.85. The van der Waals surface area contributed by atoms with Crippen molar-refractivity contribution < 1.29 is 9.53 Å². The first-order valence-corrected chi connectivity index (χ1v) is 6.56. The van der Waals surface area contributed by atoms with E-state index >= 15 is 0 Å². The molecule has 1 aliphatic carbocycles. The molecule has 2 rings (SSSR count). The first-order valence-electron chi connectivity index (χ1n) is 6.56. The number of hydrogen-bond donors (Lipinski definition) is 0. The van der Waals surface area contributed by atoms with Gasteiger partial charge in [-0.2, -0.15) is 0 Å². The summed E-state index contributed by atoms with van der Waals surface area (Å²) in [6.45, 7) is 2.84. The molecule has 1 atom stereocenters. The second-order valence-corrected chi connectivity index (χ2v) is 4.68. The number of Topliss-reactive ketones (excluding diaryl/α,β-unsaturated/α-hetero) is 1. The number of ketones is 1. The van der Waals surface area contributed by atoms with Crippen LogP contribution in [-0.2, 0) is 4.79 Å². The molecule has 0 heterocycles. The Morgan fingerprint density at radius 2 is 2.00 bits per heavy atom. The monoisotopic (exact) mass is 232 g/mol. The Kier molecular flexibility index (Phi) is 4.18. The Hall–Kier alpha value is -1.31. The van der Waals surface area contributed by atoms with Gasteiger partial charge in [0.05, 0.1) is 6.61 Å². The average molecular weight is 232 g/mol. The highest BCUT2D eigenvalue weighted by atomic mass is 16.5.